The van der Waals surface area contributed by atoms with Gasteiger partial charge in [0.05, 0.1) is 16.9 Å². The van der Waals surface area contributed by atoms with E-state index in [1.165, 1.54) is 6.07 Å². The lowest BCUT2D eigenvalue weighted by atomic mass is 9.52. The summed E-state index contributed by atoms with van der Waals surface area (Å²) in [5, 5.41) is 24.3. The molecule has 4 saturated carbocycles. The summed E-state index contributed by atoms with van der Waals surface area (Å²) in [4.78, 5) is 26.4. The molecule has 3 atom stereocenters. The molecule has 4 bridgehead atoms. The molecule has 1 aromatic carbocycles. The van der Waals surface area contributed by atoms with Gasteiger partial charge in [0.2, 0.25) is 5.95 Å². The number of aromatic nitrogens is 2. The molecule has 2 heterocycles. The number of carbonyl (C=O) groups is 1. The molecule has 1 aromatic heterocycles. The second kappa shape index (κ2) is 9.16. The summed E-state index contributed by atoms with van der Waals surface area (Å²) in [6.45, 7) is 7.08. The fourth-order valence-corrected chi connectivity index (χ4v) is 7.67. The Hall–Kier alpha value is -2.78. The molecule has 5 fully saturated rings. The number of piperazine rings is 1. The van der Waals surface area contributed by atoms with Crippen molar-refractivity contribution in [2.75, 3.05) is 29.4 Å². The molecule has 5 aliphatic rings. The lowest BCUT2D eigenvalue weighted by molar-refractivity contribution is -0.136. The highest BCUT2D eigenvalue weighted by Crippen LogP contribution is 2.55. The molecule has 8 nitrogen and oxygen atoms in total. The number of hydrogen-bond donors (Lipinski definition) is 3. The second-order valence-corrected chi connectivity index (χ2v) is 12.6. The third-order valence-electron chi connectivity index (χ3n) is 9.29. The Labute approximate surface area is 223 Å². The summed E-state index contributed by atoms with van der Waals surface area (Å²) in [5.74, 6) is 1.23. The minimum absolute atomic E-state index is 0.000547. The maximum atomic E-state index is 14.9. The van der Waals surface area contributed by atoms with Crippen LogP contribution >= 0.6 is 0 Å². The second-order valence-electron chi connectivity index (χ2n) is 12.6. The fourth-order valence-electron chi connectivity index (χ4n) is 7.67. The highest BCUT2D eigenvalue weighted by Gasteiger charge is 2.55. The monoisotopic (exact) mass is 523 g/mol. The Morgan fingerprint density at radius 2 is 1.89 bits per heavy atom. The van der Waals surface area contributed by atoms with Crippen LogP contribution in [0.25, 0.3) is 0 Å². The summed E-state index contributed by atoms with van der Waals surface area (Å²) < 4.78 is 14.9. The number of hydrogen-bond acceptors (Lipinski definition) is 7. The van der Waals surface area contributed by atoms with Gasteiger partial charge >= 0.3 is 0 Å². The Balaban J connectivity index is 1.12. The lowest BCUT2D eigenvalue weighted by Crippen LogP contribution is -2.61. The smallest absolute Gasteiger partial charge is 0.270 e. The highest BCUT2D eigenvalue weighted by molar-refractivity contribution is 5.92. The van der Waals surface area contributed by atoms with Crippen molar-refractivity contribution in [2.45, 2.75) is 76.2 Å². The minimum Gasteiger partial charge on any atom is -0.390 e. The number of amides is 1. The maximum Gasteiger partial charge on any atom is 0.270 e. The van der Waals surface area contributed by atoms with Crippen LogP contribution in [0.15, 0.2) is 30.5 Å². The van der Waals surface area contributed by atoms with Crippen molar-refractivity contribution in [1.29, 1.82) is 0 Å². The first-order valence-corrected chi connectivity index (χ1v) is 13.9. The van der Waals surface area contributed by atoms with Gasteiger partial charge in [0, 0.05) is 37.9 Å². The van der Waals surface area contributed by atoms with Crippen molar-refractivity contribution in [3.63, 3.8) is 0 Å². The molecule has 204 valence electrons. The molecule has 7 rings (SSSR count). The number of aliphatic hydroxyl groups is 2. The number of nitrogens with zero attached hydrogens (tertiary/aromatic N) is 4. The van der Waals surface area contributed by atoms with Gasteiger partial charge < -0.3 is 25.3 Å². The van der Waals surface area contributed by atoms with E-state index in [2.05, 4.69) is 20.2 Å². The minimum atomic E-state index is -1.10. The van der Waals surface area contributed by atoms with Crippen molar-refractivity contribution < 1.29 is 19.4 Å². The van der Waals surface area contributed by atoms with Gasteiger partial charge in [0.1, 0.15) is 11.5 Å². The van der Waals surface area contributed by atoms with Gasteiger partial charge in [0.25, 0.3) is 5.91 Å². The molecule has 9 heteroatoms. The van der Waals surface area contributed by atoms with Crippen LogP contribution in [-0.4, -0.2) is 63.4 Å². The summed E-state index contributed by atoms with van der Waals surface area (Å²) >= 11 is 0. The molecule has 1 amide bonds. The van der Waals surface area contributed by atoms with E-state index in [1.54, 1.807) is 38.2 Å². The molecule has 0 radical (unpaired) electrons. The van der Waals surface area contributed by atoms with E-state index in [0.717, 1.165) is 32.1 Å². The third kappa shape index (κ3) is 4.64. The molecular formula is C29H38FN5O3. The first-order valence-electron chi connectivity index (χ1n) is 13.9. The number of carbonyl (C=O) groups excluding carboxylic acids is 1. The molecule has 38 heavy (non-hydrogen) atoms. The van der Waals surface area contributed by atoms with Crippen LogP contribution in [0.5, 0.6) is 0 Å². The van der Waals surface area contributed by atoms with Crippen molar-refractivity contribution in [3.8, 4) is 0 Å². The zero-order valence-electron chi connectivity index (χ0n) is 22.4. The van der Waals surface area contributed by atoms with Crippen molar-refractivity contribution in [3.05, 3.63) is 47.5 Å². The zero-order valence-corrected chi connectivity index (χ0v) is 22.4. The molecule has 1 saturated heterocycles. The largest absolute Gasteiger partial charge is 0.390 e. The van der Waals surface area contributed by atoms with E-state index in [1.807, 2.05) is 11.8 Å². The molecule has 1 aliphatic heterocycles. The Bertz CT molecular complexity index is 1220. The maximum absolute atomic E-state index is 14.9. The average Bonchev–Trinajstić information content (AvgIpc) is 2.84. The number of benzene rings is 1. The number of anilines is 2. The first-order chi connectivity index (χ1) is 18.0. The van der Waals surface area contributed by atoms with Crippen molar-refractivity contribution in [1.82, 2.24) is 15.3 Å². The van der Waals surface area contributed by atoms with Gasteiger partial charge in [-0.15, -0.1) is 0 Å². The number of rotatable bonds is 5. The van der Waals surface area contributed by atoms with Crippen LogP contribution < -0.4 is 15.1 Å². The van der Waals surface area contributed by atoms with E-state index in [0.29, 0.717) is 60.3 Å². The van der Waals surface area contributed by atoms with Gasteiger partial charge in [-0.05, 0) is 94.4 Å². The molecule has 3 N–H and O–H groups in total. The molecular weight excluding hydrogens is 485 g/mol. The van der Waals surface area contributed by atoms with Gasteiger partial charge in [0.15, 0.2) is 0 Å². The predicted molar refractivity (Wildman–Crippen MR) is 142 cm³/mol. The van der Waals surface area contributed by atoms with Crippen molar-refractivity contribution >= 4 is 17.5 Å². The van der Waals surface area contributed by atoms with E-state index in [-0.39, 0.29) is 23.8 Å². The normalized spacial score (nSPS) is 32.5. The van der Waals surface area contributed by atoms with Crippen LogP contribution in [0.4, 0.5) is 16.0 Å². The van der Waals surface area contributed by atoms with Gasteiger partial charge in [-0.2, -0.15) is 0 Å². The predicted octanol–water partition coefficient (Wildman–Crippen LogP) is 3.23. The van der Waals surface area contributed by atoms with Crippen LogP contribution in [0, 0.1) is 23.6 Å². The van der Waals surface area contributed by atoms with Crippen LogP contribution in [0.3, 0.4) is 0 Å². The Morgan fingerprint density at radius 3 is 2.53 bits per heavy atom. The molecule has 2 unspecified atom stereocenters. The van der Waals surface area contributed by atoms with E-state index in [4.69, 9.17) is 0 Å². The zero-order chi connectivity index (χ0) is 26.8. The van der Waals surface area contributed by atoms with Crippen LogP contribution in [0.2, 0.25) is 0 Å². The molecule has 4 aliphatic carbocycles. The van der Waals surface area contributed by atoms with Crippen molar-refractivity contribution in [2.24, 2.45) is 17.8 Å². The number of nitrogens with one attached hydrogen (secondary N) is 1. The van der Waals surface area contributed by atoms with Gasteiger partial charge in [-0.3, -0.25) is 4.79 Å². The fraction of sp³-hybridized carbons (Fsp3) is 0.621. The first kappa shape index (κ1) is 25.5. The summed E-state index contributed by atoms with van der Waals surface area (Å²) in [6, 6.07) is 6.66. The van der Waals surface area contributed by atoms with Gasteiger partial charge in [-0.25, -0.2) is 14.4 Å². The summed E-state index contributed by atoms with van der Waals surface area (Å²) in [6.07, 6.45) is 6.28. The van der Waals surface area contributed by atoms with E-state index >= 15 is 0 Å². The standard InChI is InChI=1S/C29H38FN5O3/c1-17-16-34(24-5-4-21(12-22(24)30)28(2,3)37)8-9-35(17)27-31-7-6-23(32-27)26(36)33-25-19-10-18-11-20(25)15-29(38,13-18)14-19/h4-7,12,17-20,25,37-38H,8-11,13-16H2,1-3H3,(H,33,36)/t17-,18?,19?,20?,25-,29-/m1/s1. The lowest BCUT2D eigenvalue weighted by Gasteiger charge is -2.58. The van der Waals surface area contributed by atoms with Gasteiger partial charge in [-0.1, -0.05) is 6.07 Å². The quantitative estimate of drug-likeness (QED) is 0.553. The van der Waals surface area contributed by atoms with E-state index in [9.17, 15) is 19.4 Å². The summed E-state index contributed by atoms with van der Waals surface area (Å²) in [5.41, 5.74) is -0.224. The molecule has 0 spiro atoms. The van der Waals surface area contributed by atoms with Crippen LogP contribution in [-0.2, 0) is 5.60 Å². The average molecular weight is 524 g/mol. The summed E-state index contributed by atoms with van der Waals surface area (Å²) in [7, 11) is 0. The number of halogens is 1. The molecule has 2 aromatic rings. The topological polar surface area (TPSA) is 102 Å². The van der Waals surface area contributed by atoms with Crippen LogP contribution in [0.1, 0.15) is 68.9 Å². The third-order valence-corrected chi connectivity index (χ3v) is 9.29. The van der Waals surface area contributed by atoms with E-state index < -0.39 is 11.2 Å². The highest BCUT2D eigenvalue weighted by atomic mass is 19.1. The Morgan fingerprint density at radius 1 is 1.16 bits per heavy atom. The Kier molecular flexibility index (Phi) is 6.14. The SMILES string of the molecule is C[C@@H]1CN(c2ccc(C(C)(C)O)cc2F)CCN1c1nccc(C(=O)N[C@H]2C3CC4CC2C[C@](O)(C4)C3)n1.